The Balaban J connectivity index is 2.19. The maximum Gasteiger partial charge on any atom is 0.122 e. The highest BCUT2D eigenvalue weighted by Crippen LogP contribution is 2.24. The van der Waals surface area contributed by atoms with Crippen molar-refractivity contribution in [2.75, 3.05) is 6.61 Å². The lowest BCUT2D eigenvalue weighted by atomic mass is 9.98. The molecule has 0 spiro atoms. The minimum absolute atomic E-state index is 0.191. The zero-order chi connectivity index (χ0) is 15.8. The summed E-state index contributed by atoms with van der Waals surface area (Å²) < 4.78 is 5.88. The number of rotatable bonds is 8. The van der Waals surface area contributed by atoms with E-state index in [-0.39, 0.29) is 6.04 Å². The molecule has 2 aromatic carbocycles. The van der Waals surface area contributed by atoms with Crippen LogP contribution in [-0.4, -0.2) is 12.6 Å². The van der Waals surface area contributed by atoms with Gasteiger partial charge in [0.2, 0.25) is 0 Å². The van der Waals surface area contributed by atoms with Crippen molar-refractivity contribution in [3.63, 3.8) is 0 Å². The van der Waals surface area contributed by atoms with Crippen LogP contribution in [0.15, 0.2) is 48.5 Å². The van der Waals surface area contributed by atoms with Crippen LogP contribution in [0.2, 0.25) is 0 Å². The quantitative estimate of drug-likeness (QED) is 0.786. The Bertz CT molecular complexity index is 565. The normalized spacial score (nSPS) is 12.1. The lowest BCUT2D eigenvalue weighted by Crippen LogP contribution is -2.22. The van der Waals surface area contributed by atoms with Gasteiger partial charge in [0.05, 0.1) is 6.61 Å². The van der Waals surface area contributed by atoms with E-state index in [9.17, 15) is 0 Å². The molecule has 2 heteroatoms. The zero-order valence-corrected chi connectivity index (χ0v) is 13.7. The molecule has 0 saturated heterocycles. The molecule has 0 aliphatic carbocycles. The first-order valence-corrected chi connectivity index (χ1v) is 8.27. The molecule has 2 N–H and O–H groups in total. The van der Waals surface area contributed by atoms with Crippen LogP contribution in [0.1, 0.15) is 43.4 Å². The maximum absolute atomic E-state index is 6.15. The van der Waals surface area contributed by atoms with Crippen LogP contribution >= 0.6 is 0 Å². The minimum Gasteiger partial charge on any atom is -0.493 e. The molecule has 2 nitrogen and oxygen atoms in total. The third-order valence-corrected chi connectivity index (χ3v) is 3.84. The summed E-state index contributed by atoms with van der Waals surface area (Å²) in [7, 11) is 0. The van der Waals surface area contributed by atoms with Crippen molar-refractivity contribution in [3.8, 4) is 5.75 Å². The van der Waals surface area contributed by atoms with Gasteiger partial charge >= 0.3 is 0 Å². The van der Waals surface area contributed by atoms with Gasteiger partial charge in [0.25, 0.3) is 0 Å². The average molecular weight is 297 g/mol. The molecule has 0 amide bonds. The van der Waals surface area contributed by atoms with Gasteiger partial charge in [0.1, 0.15) is 5.75 Å². The van der Waals surface area contributed by atoms with Gasteiger partial charge in [-0.25, -0.2) is 0 Å². The largest absolute Gasteiger partial charge is 0.493 e. The van der Waals surface area contributed by atoms with Crippen molar-refractivity contribution in [1.82, 2.24) is 0 Å². The fourth-order valence-electron chi connectivity index (χ4n) is 2.51. The SMILES string of the molecule is CCCOc1ccc(Cc2ccccc2)cc1CC(N)CC. The molecule has 0 aliphatic heterocycles. The molecular weight excluding hydrogens is 270 g/mol. The van der Waals surface area contributed by atoms with E-state index in [1.807, 2.05) is 0 Å². The van der Waals surface area contributed by atoms with Crippen LogP contribution in [0.3, 0.4) is 0 Å². The summed E-state index contributed by atoms with van der Waals surface area (Å²) in [5.74, 6) is 0.988. The summed E-state index contributed by atoms with van der Waals surface area (Å²) in [4.78, 5) is 0. The molecular formula is C20H27NO. The summed E-state index contributed by atoms with van der Waals surface area (Å²) in [6.45, 7) is 5.01. The molecule has 0 aliphatic rings. The molecule has 1 atom stereocenters. The first-order valence-electron chi connectivity index (χ1n) is 8.27. The monoisotopic (exact) mass is 297 g/mol. The van der Waals surface area contributed by atoms with Crippen molar-refractivity contribution in [1.29, 1.82) is 0 Å². The molecule has 2 aromatic rings. The van der Waals surface area contributed by atoms with E-state index >= 15 is 0 Å². The Morgan fingerprint density at radius 1 is 1.00 bits per heavy atom. The molecule has 22 heavy (non-hydrogen) atoms. The maximum atomic E-state index is 6.15. The van der Waals surface area contributed by atoms with E-state index < -0.39 is 0 Å². The lowest BCUT2D eigenvalue weighted by molar-refractivity contribution is 0.313. The Hall–Kier alpha value is -1.80. The van der Waals surface area contributed by atoms with Gasteiger partial charge in [-0.1, -0.05) is 56.3 Å². The third-order valence-electron chi connectivity index (χ3n) is 3.84. The Labute approximate surface area is 134 Å². The van der Waals surface area contributed by atoms with Crippen LogP contribution in [0, 0.1) is 0 Å². The minimum atomic E-state index is 0.191. The molecule has 0 bridgehead atoms. The molecule has 2 rings (SSSR count). The van der Waals surface area contributed by atoms with Crippen LogP contribution < -0.4 is 10.5 Å². The van der Waals surface area contributed by atoms with E-state index in [4.69, 9.17) is 10.5 Å². The van der Waals surface area contributed by atoms with E-state index in [0.29, 0.717) is 0 Å². The summed E-state index contributed by atoms with van der Waals surface area (Å²) in [5, 5.41) is 0. The van der Waals surface area contributed by atoms with Crippen molar-refractivity contribution in [3.05, 3.63) is 65.2 Å². The van der Waals surface area contributed by atoms with Gasteiger partial charge in [-0.15, -0.1) is 0 Å². The number of hydrogen-bond donors (Lipinski definition) is 1. The molecule has 0 saturated carbocycles. The second-order valence-electron chi connectivity index (χ2n) is 5.83. The molecule has 1 unspecified atom stereocenters. The third kappa shape index (κ3) is 4.88. The predicted molar refractivity (Wildman–Crippen MR) is 93.4 cm³/mol. The number of hydrogen-bond acceptors (Lipinski definition) is 2. The number of benzene rings is 2. The zero-order valence-electron chi connectivity index (χ0n) is 13.7. The van der Waals surface area contributed by atoms with Gasteiger partial charge < -0.3 is 10.5 Å². The topological polar surface area (TPSA) is 35.2 Å². The highest BCUT2D eigenvalue weighted by molar-refractivity contribution is 5.39. The van der Waals surface area contributed by atoms with E-state index in [1.54, 1.807) is 0 Å². The Morgan fingerprint density at radius 3 is 2.45 bits per heavy atom. The van der Waals surface area contributed by atoms with Gasteiger partial charge in [-0.05, 0) is 48.4 Å². The number of ether oxygens (including phenoxy) is 1. The van der Waals surface area contributed by atoms with E-state index in [1.165, 1.54) is 16.7 Å². The van der Waals surface area contributed by atoms with Crippen LogP contribution in [-0.2, 0) is 12.8 Å². The molecule has 0 radical (unpaired) electrons. The first kappa shape index (κ1) is 16.6. The smallest absolute Gasteiger partial charge is 0.122 e. The van der Waals surface area contributed by atoms with Gasteiger partial charge in [-0.3, -0.25) is 0 Å². The highest BCUT2D eigenvalue weighted by atomic mass is 16.5. The van der Waals surface area contributed by atoms with Crippen LogP contribution in [0.4, 0.5) is 0 Å². The first-order chi connectivity index (χ1) is 10.7. The molecule has 0 heterocycles. The van der Waals surface area contributed by atoms with E-state index in [0.717, 1.165) is 38.0 Å². The second-order valence-corrected chi connectivity index (χ2v) is 5.83. The second kappa shape index (κ2) is 8.60. The fraction of sp³-hybridized carbons (Fsp3) is 0.400. The van der Waals surface area contributed by atoms with Crippen LogP contribution in [0.25, 0.3) is 0 Å². The van der Waals surface area contributed by atoms with Crippen molar-refractivity contribution in [2.24, 2.45) is 5.73 Å². The van der Waals surface area contributed by atoms with Gasteiger partial charge in [0.15, 0.2) is 0 Å². The van der Waals surface area contributed by atoms with Gasteiger partial charge in [-0.2, -0.15) is 0 Å². The fourth-order valence-corrected chi connectivity index (χ4v) is 2.51. The van der Waals surface area contributed by atoms with Crippen molar-refractivity contribution < 1.29 is 4.74 Å². The Morgan fingerprint density at radius 2 is 1.77 bits per heavy atom. The number of nitrogens with two attached hydrogens (primary N) is 1. The Kier molecular flexibility index (Phi) is 6.47. The molecule has 0 aromatic heterocycles. The standard InChI is InChI=1S/C20H27NO/c1-3-12-22-20-11-10-17(13-16-8-6-5-7-9-16)14-18(20)15-19(21)4-2/h5-11,14,19H,3-4,12-13,15,21H2,1-2H3. The predicted octanol–water partition coefficient (Wildman–Crippen LogP) is 4.35. The van der Waals surface area contributed by atoms with Crippen molar-refractivity contribution >= 4 is 0 Å². The summed E-state index contributed by atoms with van der Waals surface area (Å²) in [6, 6.07) is 17.3. The average Bonchev–Trinajstić information content (AvgIpc) is 2.55. The van der Waals surface area contributed by atoms with E-state index in [2.05, 4.69) is 62.4 Å². The lowest BCUT2D eigenvalue weighted by Gasteiger charge is -2.16. The van der Waals surface area contributed by atoms with Crippen molar-refractivity contribution in [2.45, 2.75) is 45.6 Å². The summed E-state index contributed by atoms with van der Waals surface area (Å²) >= 11 is 0. The molecule has 0 fully saturated rings. The summed E-state index contributed by atoms with van der Waals surface area (Å²) in [6.07, 6.45) is 3.82. The van der Waals surface area contributed by atoms with Gasteiger partial charge in [0, 0.05) is 6.04 Å². The highest BCUT2D eigenvalue weighted by Gasteiger charge is 2.09. The molecule has 118 valence electrons. The summed E-state index contributed by atoms with van der Waals surface area (Å²) in [5.41, 5.74) is 10.0. The van der Waals surface area contributed by atoms with Crippen LogP contribution in [0.5, 0.6) is 5.75 Å².